The number of carbonyl (C=O) groups is 3. The van der Waals surface area contributed by atoms with Gasteiger partial charge in [0.25, 0.3) is 5.91 Å². The number of imide groups is 1. The van der Waals surface area contributed by atoms with Gasteiger partial charge in [0, 0.05) is 30.1 Å². The number of alkyl halides is 3. The molecule has 2 aromatic rings. The number of piperidine rings is 2. The van der Waals surface area contributed by atoms with E-state index in [1.165, 1.54) is 4.90 Å². The van der Waals surface area contributed by atoms with Crippen molar-refractivity contribution in [1.82, 2.24) is 15.1 Å². The van der Waals surface area contributed by atoms with Crippen molar-refractivity contribution < 1.29 is 32.3 Å². The minimum Gasteiger partial charge on any atom is -0.489 e. The maximum atomic E-state index is 13.0. The van der Waals surface area contributed by atoms with Crippen molar-refractivity contribution in [3.05, 3.63) is 64.7 Å². The molecule has 0 saturated carbocycles. The van der Waals surface area contributed by atoms with Crippen molar-refractivity contribution in [3.8, 4) is 5.75 Å². The van der Waals surface area contributed by atoms with Gasteiger partial charge in [0.2, 0.25) is 11.8 Å². The first kappa shape index (κ1) is 26.2. The average Bonchev–Trinajstić information content (AvgIpc) is 3.21. The fourth-order valence-corrected chi connectivity index (χ4v) is 5.60. The molecule has 2 atom stereocenters. The molecular formula is C28H30F3N3O4. The van der Waals surface area contributed by atoms with E-state index in [0.717, 1.165) is 24.0 Å². The lowest BCUT2D eigenvalue weighted by Crippen LogP contribution is -2.52. The summed E-state index contributed by atoms with van der Waals surface area (Å²) in [6, 6.07) is 11.7. The zero-order valence-corrected chi connectivity index (χ0v) is 20.9. The van der Waals surface area contributed by atoms with Crippen molar-refractivity contribution in [1.29, 1.82) is 0 Å². The summed E-state index contributed by atoms with van der Waals surface area (Å²) in [6.45, 7) is 1.62. The summed E-state index contributed by atoms with van der Waals surface area (Å²) in [4.78, 5) is 40.2. The maximum absolute atomic E-state index is 13.0. The van der Waals surface area contributed by atoms with Crippen LogP contribution in [0.4, 0.5) is 13.2 Å². The number of fused-ring (bicyclic) bond motifs is 1. The Balaban J connectivity index is 1.21. The molecule has 2 aromatic carbocycles. The third-order valence-corrected chi connectivity index (χ3v) is 7.56. The molecule has 7 nitrogen and oxygen atoms in total. The number of nitrogens with zero attached hydrogens (tertiary/aromatic N) is 2. The summed E-state index contributed by atoms with van der Waals surface area (Å²) in [5, 5.41) is 2.30. The highest BCUT2D eigenvalue weighted by Crippen LogP contribution is 2.34. The second kappa shape index (κ2) is 10.8. The van der Waals surface area contributed by atoms with Gasteiger partial charge >= 0.3 is 6.18 Å². The van der Waals surface area contributed by atoms with Gasteiger partial charge < -0.3 is 9.64 Å². The summed E-state index contributed by atoms with van der Waals surface area (Å²) < 4.78 is 45.0. The second-order valence-electron chi connectivity index (χ2n) is 10.2. The Labute approximate surface area is 218 Å². The van der Waals surface area contributed by atoms with E-state index in [0.29, 0.717) is 42.8 Å². The Morgan fingerprint density at radius 2 is 1.74 bits per heavy atom. The molecule has 1 N–H and O–H groups in total. The fourth-order valence-electron chi connectivity index (χ4n) is 5.60. The fraction of sp³-hybridized carbons (Fsp3) is 0.464. The van der Waals surface area contributed by atoms with E-state index in [4.69, 9.17) is 4.74 Å². The number of likely N-dealkylation sites (tertiary alicyclic amines) is 1. The Bertz CT molecular complexity index is 1210. The summed E-state index contributed by atoms with van der Waals surface area (Å²) in [5.41, 5.74) is 3.04. The van der Waals surface area contributed by atoms with Crippen molar-refractivity contribution in [3.63, 3.8) is 0 Å². The predicted octanol–water partition coefficient (Wildman–Crippen LogP) is 4.33. The lowest BCUT2D eigenvalue weighted by Gasteiger charge is -2.36. The third-order valence-electron chi connectivity index (χ3n) is 7.56. The maximum Gasteiger partial charge on any atom is 0.390 e. The molecule has 10 heteroatoms. The van der Waals surface area contributed by atoms with Gasteiger partial charge in [-0.2, -0.15) is 13.2 Å². The predicted molar refractivity (Wildman–Crippen MR) is 132 cm³/mol. The van der Waals surface area contributed by atoms with Crippen LogP contribution in [0.3, 0.4) is 0 Å². The van der Waals surface area contributed by atoms with Crippen LogP contribution in [0.25, 0.3) is 0 Å². The first-order valence-corrected chi connectivity index (χ1v) is 13.0. The van der Waals surface area contributed by atoms with Crippen LogP contribution in [0.1, 0.15) is 65.6 Å². The van der Waals surface area contributed by atoms with Crippen LogP contribution in [0.2, 0.25) is 0 Å². The number of carbonyl (C=O) groups excluding carboxylic acids is 3. The first-order chi connectivity index (χ1) is 18.2. The number of benzene rings is 2. The van der Waals surface area contributed by atoms with Gasteiger partial charge in [-0.15, -0.1) is 0 Å². The number of amides is 3. The number of ether oxygens (including phenoxy) is 1. The van der Waals surface area contributed by atoms with Gasteiger partial charge in [-0.1, -0.05) is 36.8 Å². The topological polar surface area (TPSA) is 79.0 Å². The summed E-state index contributed by atoms with van der Waals surface area (Å²) in [6.07, 6.45) is -2.15. The van der Waals surface area contributed by atoms with E-state index in [2.05, 4.69) is 5.32 Å². The number of hydrogen-bond acceptors (Lipinski definition) is 5. The molecule has 0 spiro atoms. The van der Waals surface area contributed by atoms with Gasteiger partial charge in [-0.3, -0.25) is 24.6 Å². The molecule has 3 amide bonds. The molecule has 38 heavy (non-hydrogen) atoms. The lowest BCUT2D eigenvalue weighted by atomic mass is 9.98. The summed E-state index contributed by atoms with van der Waals surface area (Å²) in [5.74, 6) is -0.495. The highest BCUT2D eigenvalue weighted by molar-refractivity contribution is 6.05. The van der Waals surface area contributed by atoms with Crippen LogP contribution < -0.4 is 10.1 Å². The monoisotopic (exact) mass is 529 g/mol. The van der Waals surface area contributed by atoms with Crippen LogP contribution in [-0.4, -0.2) is 52.3 Å². The highest BCUT2D eigenvalue weighted by atomic mass is 19.4. The van der Waals surface area contributed by atoms with Crippen molar-refractivity contribution in [2.24, 2.45) is 0 Å². The van der Waals surface area contributed by atoms with Gasteiger partial charge in [-0.25, -0.2) is 0 Å². The summed E-state index contributed by atoms with van der Waals surface area (Å²) in [7, 11) is 0. The molecule has 3 aliphatic heterocycles. The molecule has 0 aliphatic carbocycles. The van der Waals surface area contributed by atoms with Crippen LogP contribution in [-0.2, 0) is 29.3 Å². The van der Waals surface area contributed by atoms with Crippen LogP contribution in [0, 0.1) is 0 Å². The van der Waals surface area contributed by atoms with Gasteiger partial charge in [-0.05, 0) is 49.1 Å². The molecule has 0 radical (unpaired) electrons. The van der Waals surface area contributed by atoms with E-state index < -0.39 is 30.6 Å². The van der Waals surface area contributed by atoms with E-state index >= 15 is 0 Å². The van der Waals surface area contributed by atoms with Crippen LogP contribution in [0.15, 0.2) is 42.5 Å². The molecular weight excluding hydrogens is 499 g/mol. The minimum absolute atomic E-state index is 0.191. The molecule has 2 saturated heterocycles. The second-order valence-corrected chi connectivity index (χ2v) is 10.2. The average molecular weight is 530 g/mol. The van der Waals surface area contributed by atoms with Crippen LogP contribution >= 0.6 is 0 Å². The zero-order chi connectivity index (χ0) is 26.9. The van der Waals surface area contributed by atoms with Crippen molar-refractivity contribution in [2.75, 3.05) is 6.54 Å². The van der Waals surface area contributed by atoms with E-state index in [1.54, 1.807) is 18.2 Å². The Morgan fingerprint density at radius 1 is 0.974 bits per heavy atom. The highest BCUT2D eigenvalue weighted by Gasteiger charge is 2.40. The molecule has 2 fully saturated rings. The van der Waals surface area contributed by atoms with Crippen molar-refractivity contribution in [2.45, 2.75) is 76.5 Å². The van der Waals surface area contributed by atoms with E-state index in [9.17, 15) is 27.6 Å². The summed E-state index contributed by atoms with van der Waals surface area (Å²) >= 11 is 0. The molecule has 3 aliphatic rings. The zero-order valence-electron chi connectivity index (χ0n) is 20.9. The SMILES string of the molecule is O=C1CCC(N2Cc3c(OCc4ccc(CN5CCCC[C@H]5CC(F)(F)F)cc4)cccc3C2=O)C(=O)N1. The molecule has 0 bridgehead atoms. The molecule has 202 valence electrons. The van der Waals surface area contributed by atoms with Gasteiger partial charge in [0.05, 0.1) is 13.0 Å². The van der Waals surface area contributed by atoms with E-state index in [1.807, 2.05) is 29.2 Å². The van der Waals surface area contributed by atoms with Gasteiger partial charge in [0.1, 0.15) is 18.4 Å². The largest absolute Gasteiger partial charge is 0.489 e. The van der Waals surface area contributed by atoms with Crippen LogP contribution in [0.5, 0.6) is 5.75 Å². The molecule has 0 aromatic heterocycles. The number of rotatable bonds is 7. The molecule has 5 rings (SSSR count). The Morgan fingerprint density at radius 3 is 2.47 bits per heavy atom. The normalized spacial score (nSPS) is 22.4. The number of hydrogen-bond donors (Lipinski definition) is 1. The quantitative estimate of drug-likeness (QED) is 0.540. The standard InChI is InChI=1S/C28H30F3N3O4/c29-28(30,31)14-20-4-1-2-13-33(20)15-18-7-9-19(10-8-18)17-38-24-6-3-5-21-22(24)16-34(27(21)37)23-11-12-25(35)32-26(23)36/h3,5-10,20,23H,1-2,4,11-17H2,(H,32,35,36)/t20-,23?/m0/s1. The van der Waals surface area contributed by atoms with E-state index in [-0.39, 0.29) is 31.4 Å². The first-order valence-electron chi connectivity index (χ1n) is 13.0. The van der Waals surface area contributed by atoms with Crippen molar-refractivity contribution >= 4 is 17.7 Å². The minimum atomic E-state index is -4.16. The number of halogens is 3. The smallest absolute Gasteiger partial charge is 0.390 e. The van der Waals surface area contributed by atoms with Gasteiger partial charge in [0.15, 0.2) is 0 Å². The Kier molecular flexibility index (Phi) is 7.43. The third kappa shape index (κ3) is 5.85. The number of nitrogens with one attached hydrogen (secondary N) is 1. The molecule has 3 heterocycles. The molecule has 1 unspecified atom stereocenters. The lowest BCUT2D eigenvalue weighted by molar-refractivity contribution is -0.150. The Hall–Kier alpha value is -3.40.